The van der Waals surface area contributed by atoms with Crippen LogP contribution in [0.1, 0.15) is 29.2 Å². The van der Waals surface area contributed by atoms with Crippen LogP contribution in [0.5, 0.6) is 0 Å². The van der Waals surface area contributed by atoms with Gasteiger partial charge in [-0.15, -0.1) is 0 Å². The summed E-state index contributed by atoms with van der Waals surface area (Å²) in [5.41, 5.74) is 2.86. The van der Waals surface area contributed by atoms with Gasteiger partial charge in [-0.1, -0.05) is 12.1 Å². The first-order chi connectivity index (χ1) is 16.2. The molecule has 9 heteroatoms. The molecule has 2 aliphatic rings. The van der Waals surface area contributed by atoms with Crippen LogP contribution in [0, 0.1) is 5.82 Å². The fraction of sp³-hybridized carbons (Fsp3) is 0.333. The molecule has 0 spiro atoms. The van der Waals surface area contributed by atoms with Crippen molar-refractivity contribution in [2.75, 3.05) is 26.2 Å². The number of carbonyl (C=O) groups is 1. The number of aromatic nitrogens is 5. The van der Waals surface area contributed by atoms with Crippen molar-refractivity contribution in [1.82, 2.24) is 34.5 Å². The predicted octanol–water partition coefficient (Wildman–Crippen LogP) is 3.12. The van der Waals surface area contributed by atoms with E-state index in [1.54, 1.807) is 29.4 Å². The average Bonchev–Trinajstić information content (AvgIpc) is 3.48. The Hall–Kier alpha value is -3.59. The van der Waals surface area contributed by atoms with Crippen LogP contribution < -0.4 is 0 Å². The number of nitrogens with zero attached hydrogens (tertiary/aromatic N) is 6. The first-order valence-corrected chi connectivity index (χ1v) is 11.3. The van der Waals surface area contributed by atoms with Gasteiger partial charge in [0.05, 0.1) is 23.5 Å². The van der Waals surface area contributed by atoms with Crippen molar-refractivity contribution in [2.24, 2.45) is 0 Å². The molecule has 2 saturated heterocycles. The van der Waals surface area contributed by atoms with E-state index in [0.29, 0.717) is 25.2 Å². The number of carbonyl (C=O) groups excluding carboxylic acids is 1. The molecule has 0 aliphatic carbocycles. The largest absolute Gasteiger partial charge is 0.346 e. The summed E-state index contributed by atoms with van der Waals surface area (Å²) in [7, 11) is 0. The first kappa shape index (κ1) is 20.0. The van der Waals surface area contributed by atoms with Crippen molar-refractivity contribution >= 4 is 16.9 Å². The van der Waals surface area contributed by atoms with Crippen LogP contribution in [0.25, 0.3) is 22.3 Å². The number of piperidine rings is 1. The number of nitrogens with one attached hydrogen (secondary N) is 1. The van der Waals surface area contributed by atoms with Gasteiger partial charge in [-0.2, -0.15) is 5.10 Å². The van der Waals surface area contributed by atoms with Crippen molar-refractivity contribution in [3.63, 3.8) is 0 Å². The van der Waals surface area contributed by atoms with E-state index in [4.69, 9.17) is 0 Å². The Bertz CT molecular complexity index is 1300. The summed E-state index contributed by atoms with van der Waals surface area (Å²) in [6.07, 6.45) is 9.18. The molecule has 33 heavy (non-hydrogen) atoms. The van der Waals surface area contributed by atoms with Crippen LogP contribution in [-0.2, 0) is 0 Å². The standard InChI is InChI=1S/C24H24FN7O/c25-21-4-2-1-3-19(21)24(33)30-9-6-17(7-10-30)31-13-18(14-31)32-12-16(11-29-32)22-20-5-8-26-23(20)28-15-27-22/h1-5,8,11-12,15,17-18H,6-7,9-10,13-14H2,(H,26,27,28). The zero-order valence-corrected chi connectivity index (χ0v) is 18.1. The zero-order chi connectivity index (χ0) is 22.4. The van der Waals surface area contributed by atoms with Gasteiger partial charge in [-0.3, -0.25) is 14.4 Å². The summed E-state index contributed by atoms with van der Waals surface area (Å²) in [6, 6.07) is 8.97. The van der Waals surface area contributed by atoms with Gasteiger partial charge >= 0.3 is 0 Å². The van der Waals surface area contributed by atoms with Crippen LogP contribution in [0.3, 0.4) is 0 Å². The van der Waals surface area contributed by atoms with E-state index in [9.17, 15) is 9.18 Å². The van der Waals surface area contributed by atoms with Crippen molar-refractivity contribution in [3.05, 3.63) is 66.6 Å². The van der Waals surface area contributed by atoms with E-state index in [1.807, 2.05) is 23.1 Å². The average molecular weight is 446 g/mol. The molecule has 0 radical (unpaired) electrons. The molecule has 2 fully saturated rings. The lowest BCUT2D eigenvalue weighted by molar-refractivity contribution is 0.0196. The topological polar surface area (TPSA) is 82.9 Å². The molecular formula is C24H24FN7O. The third-order valence-corrected chi connectivity index (χ3v) is 6.87. The Morgan fingerprint density at radius 2 is 1.88 bits per heavy atom. The van der Waals surface area contributed by atoms with Crippen molar-refractivity contribution < 1.29 is 9.18 Å². The summed E-state index contributed by atoms with van der Waals surface area (Å²) >= 11 is 0. The van der Waals surface area contributed by atoms with Crippen LogP contribution in [0.15, 0.2) is 55.2 Å². The van der Waals surface area contributed by atoms with Gasteiger partial charge in [0.25, 0.3) is 5.91 Å². The van der Waals surface area contributed by atoms with E-state index < -0.39 is 5.82 Å². The Kier molecular flexibility index (Phi) is 4.91. The highest BCUT2D eigenvalue weighted by atomic mass is 19.1. The minimum atomic E-state index is -0.451. The third-order valence-electron chi connectivity index (χ3n) is 6.87. The molecule has 4 aromatic rings. The third kappa shape index (κ3) is 3.58. The van der Waals surface area contributed by atoms with Crippen LogP contribution in [0.2, 0.25) is 0 Å². The van der Waals surface area contributed by atoms with E-state index in [2.05, 4.69) is 31.1 Å². The van der Waals surface area contributed by atoms with E-state index in [0.717, 1.165) is 48.2 Å². The van der Waals surface area contributed by atoms with Crippen molar-refractivity contribution in [1.29, 1.82) is 0 Å². The number of halogens is 1. The smallest absolute Gasteiger partial charge is 0.256 e. The second-order valence-electron chi connectivity index (χ2n) is 8.78. The maximum atomic E-state index is 14.0. The summed E-state index contributed by atoms with van der Waals surface area (Å²) < 4.78 is 16.0. The van der Waals surface area contributed by atoms with Crippen molar-refractivity contribution in [2.45, 2.75) is 24.9 Å². The summed E-state index contributed by atoms with van der Waals surface area (Å²) in [5.74, 6) is -0.661. The molecule has 6 rings (SSSR count). The number of aromatic amines is 1. The van der Waals surface area contributed by atoms with Gasteiger partial charge in [0.2, 0.25) is 0 Å². The lowest BCUT2D eigenvalue weighted by atomic mass is 9.97. The normalized spacial score (nSPS) is 18.0. The number of hydrogen-bond donors (Lipinski definition) is 1. The molecule has 3 aromatic heterocycles. The minimum absolute atomic E-state index is 0.162. The molecular weight excluding hydrogens is 421 g/mol. The number of benzene rings is 1. The molecule has 0 unspecified atom stereocenters. The van der Waals surface area contributed by atoms with E-state index >= 15 is 0 Å². The van der Waals surface area contributed by atoms with Gasteiger partial charge < -0.3 is 9.88 Å². The number of hydrogen-bond acceptors (Lipinski definition) is 5. The van der Waals surface area contributed by atoms with Crippen LogP contribution in [-0.4, -0.2) is 72.7 Å². The molecule has 1 aromatic carbocycles. The maximum Gasteiger partial charge on any atom is 0.256 e. The lowest BCUT2D eigenvalue weighted by Crippen LogP contribution is -2.56. The van der Waals surface area contributed by atoms with E-state index in [1.165, 1.54) is 6.07 Å². The Morgan fingerprint density at radius 1 is 1.06 bits per heavy atom. The number of rotatable bonds is 4. The maximum absolute atomic E-state index is 14.0. The van der Waals surface area contributed by atoms with Gasteiger partial charge in [-0.25, -0.2) is 14.4 Å². The van der Waals surface area contributed by atoms with Crippen LogP contribution >= 0.6 is 0 Å². The molecule has 1 amide bonds. The molecule has 2 aliphatic heterocycles. The number of amides is 1. The zero-order valence-electron chi connectivity index (χ0n) is 18.1. The van der Waals surface area contributed by atoms with Gasteiger partial charge in [0.1, 0.15) is 17.8 Å². The monoisotopic (exact) mass is 445 g/mol. The Balaban J connectivity index is 1.05. The van der Waals surface area contributed by atoms with Crippen LogP contribution in [0.4, 0.5) is 4.39 Å². The predicted molar refractivity (Wildman–Crippen MR) is 121 cm³/mol. The number of H-pyrrole nitrogens is 1. The molecule has 1 N–H and O–H groups in total. The highest BCUT2D eigenvalue weighted by Gasteiger charge is 2.36. The lowest BCUT2D eigenvalue weighted by Gasteiger charge is -2.47. The number of likely N-dealkylation sites (tertiary alicyclic amines) is 2. The second-order valence-corrected chi connectivity index (χ2v) is 8.78. The molecule has 0 bridgehead atoms. The fourth-order valence-corrected chi connectivity index (χ4v) is 4.95. The van der Waals surface area contributed by atoms with Gasteiger partial charge in [0.15, 0.2) is 0 Å². The second kappa shape index (κ2) is 8.08. The first-order valence-electron chi connectivity index (χ1n) is 11.3. The molecule has 0 atom stereocenters. The quantitative estimate of drug-likeness (QED) is 0.522. The van der Waals surface area contributed by atoms with Gasteiger partial charge in [-0.05, 0) is 31.0 Å². The highest BCUT2D eigenvalue weighted by molar-refractivity contribution is 5.94. The SMILES string of the molecule is O=C(c1ccccc1F)N1CCC(N2CC(n3cc(-c4ncnc5[nH]ccc45)cn3)C2)CC1. The number of fused-ring (bicyclic) bond motifs is 1. The molecule has 0 saturated carbocycles. The summed E-state index contributed by atoms with van der Waals surface area (Å²) in [6.45, 7) is 3.20. The Morgan fingerprint density at radius 3 is 2.70 bits per heavy atom. The molecule has 5 heterocycles. The summed E-state index contributed by atoms with van der Waals surface area (Å²) in [4.78, 5) is 28.7. The molecule has 168 valence electrons. The Labute approximate surface area is 190 Å². The van der Waals surface area contributed by atoms with Crippen molar-refractivity contribution in [3.8, 4) is 11.3 Å². The molecule has 8 nitrogen and oxygen atoms in total. The van der Waals surface area contributed by atoms with Gasteiger partial charge in [0, 0.05) is 55.6 Å². The summed E-state index contributed by atoms with van der Waals surface area (Å²) in [5, 5.41) is 5.58. The fourth-order valence-electron chi connectivity index (χ4n) is 4.95. The highest BCUT2D eigenvalue weighted by Crippen LogP contribution is 2.30. The minimum Gasteiger partial charge on any atom is -0.346 e. The van der Waals surface area contributed by atoms with E-state index in [-0.39, 0.29) is 11.5 Å².